The number of benzene rings is 2. The van der Waals surface area contributed by atoms with E-state index in [0.717, 1.165) is 26.1 Å². The molecule has 1 fully saturated rings. The number of halogens is 1. The summed E-state index contributed by atoms with van der Waals surface area (Å²) in [5.41, 5.74) is 8.32. The molecular formula is C20H26ClN3O. The third-order valence-electron chi connectivity index (χ3n) is 4.83. The first-order valence-corrected chi connectivity index (χ1v) is 8.55. The number of hydrogen-bond acceptors (Lipinski definition) is 3. The molecule has 5 heteroatoms. The van der Waals surface area contributed by atoms with Crippen LogP contribution in [0, 0.1) is 5.92 Å². The number of nitrogens with zero attached hydrogens (tertiary/aromatic N) is 1. The third kappa shape index (κ3) is 4.97. The van der Waals surface area contributed by atoms with Crippen LogP contribution in [0.3, 0.4) is 0 Å². The van der Waals surface area contributed by atoms with E-state index in [-0.39, 0.29) is 24.4 Å². The zero-order valence-corrected chi connectivity index (χ0v) is 15.3. The van der Waals surface area contributed by atoms with Crippen LogP contribution in [0.5, 0.6) is 0 Å². The monoisotopic (exact) mass is 359 g/mol. The quantitative estimate of drug-likeness (QED) is 0.805. The van der Waals surface area contributed by atoms with E-state index in [4.69, 9.17) is 5.73 Å². The molecule has 0 aliphatic carbocycles. The Bertz CT molecular complexity index is 692. The number of hydrogen-bond donors (Lipinski definition) is 2. The number of likely N-dealkylation sites (tertiary alicyclic amines) is 1. The summed E-state index contributed by atoms with van der Waals surface area (Å²) in [6, 6.07) is 17.9. The molecule has 3 N–H and O–H groups in total. The minimum absolute atomic E-state index is 0. The summed E-state index contributed by atoms with van der Waals surface area (Å²) in [6.45, 7) is 5.16. The van der Waals surface area contributed by atoms with Crippen LogP contribution in [-0.4, -0.2) is 29.9 Å². The molecule has 134 valence electrons. The number of nitrogen functional groups attached to an aromatic ring is 1. The van der Waals surface area contributed by atoms with Crippen molar-refractivity contribution in [3.63, 3.8) is 0 Å². The third-order valence-corrected chi connectivity index (χ3v) is 4.83. The van der Waals surface area contributed by atoms with Crippen LogP contribution in [-0.2, 0) is 6.54 Å². The summed E-state index contributed by atoms with van der Waals surface area (Å²) in [6.07, 6.45) is 1.11. The lowest BCUT2D eigenvalue weighted by atomic mass is 10.00. The lowest BCUT2D eigenvalue weighted by molar-refractivity contribution is 0.0928. The molecule has 0 saturated carbocycles. The van der Waals surface area contributed by atoms with Gasteiger partial charge in [-0.3, -0.25) is 9.69 Å². The van der Waals surface area contributed by atoms with Crippen molar-refractivity contribution in [2.45, 2.75) is 25.9 Å². The highest BCUT2D eigenvalue weighted by Gasteiger charge is 2.28. The largest absolute Gasteiger partial charge is 0.398 e. The van der Waals surface area contributed by atoms with E-state index in [1.807, 2.05) is 18.2 Å². The first-order valence-electron chi connectivity index (χ1n) is 8.55. The normalized spacial score (nSPS) is 18.4. The summed E-state index contributed by atoms with van der Waals surface area (Å²) in [5, 5.41) is 3.12. The molecule has 0 aromatic heterocycles. The van der Waals surface area contributed by atoms with Gasteiger partial charge in [0, 0.05) is 24.8 Å². The average Bonchev–Trinajstić information content (AvgIpc) is 3.04. The van der Waals surface area contributed by atoms with Crippen LogP contribution in [0.2, 0.25) is 0 Å². The Morgan fingerprint density at radius 2 is 1.88 bits per heavy atom. The Balaban J connectivity index is 0.00000225. The number of para-hydroxylation sites is 1. The molecule has 1 aliphatic heterocycles. The van der Waals surface area contributed by atoms with Crippen molar-refractivity contribution in [2.24, 2.45) is 5.92 Å². The molecule has 2 aromatic carbocycles. The highest BCUT2D eigenvalue weighted by molar-refractivity contribution is 5.99. The van der Waals surface area contributed by atoms with E-state index >= 15 is 0 Å². The summed E-state index contributed by atoms with van der Waals surface area (Å²) in [4.78, 5) is 14.9. The van der Waals surface area contributed by atoms with Crippen molar-refractivity contribution in [1.29, 1.82) is 0 Å². The fourth-order valence-corrected chi connectivity index (χ4v) is 3.36. The summed E-state index contributed by atoms with van der Waals surface area (Å²) in [7, 11) is 0. The van der Waals surface area contributed by atoms with Crippen LogP contribution >= 0.6 is 12.4 Å². The first-order chi connectivity index (χ1) is 11.6. The van der Waals surface area contributed by atoms with Gasteiger partial charge in [-0.25, -0.2) is 0 Å². The number of rotatable bonds is 5. The Hall–Kier alpha value is -2.04. The number of amides is 1. The molecule has 25 heavy (non-hydrogen) atoms. The molecule has 1 amide bonds. The van der Waals surface area contributed by atoms with Gasteiger partial charge in [0.1, 0.15) is 0 Å². The van der Waals surface area contributed by atoms with Crippen LogP contribution < -0.4 is 11.1 Å². The van der Waals surface area contributed by atoms with Crippen LogP contribution in [0.1, 0.15) is 29.3 Å². The van der Waals surface area contributed by atoms with E-state index in [1.165, 1.54) is 5.56 Å². The molecule has 0 bridgehead atoms. The van der Waals surface area contributed by atoms with Gasteiger partial charge in [-0.1, -0.05) is 42.5 Å². The molecule has 4 nitrogen and oxygen atoms in total. The fourth-order valence-electron chi connectivity index (χ4n) is 3.36. The van der Waals surface area contributed by atoms with Crippen molar-refractivity contribution in [3.05, 3.63) is 65.7 Å². The van der Waals surface area contributed by atoms with E-state index in [0.29, 0.717) is 17.2 Å². The number of carbonyl (C=O) groups is 1. The smallest absolute Gasteiger partial charge is 0.253 e. The van der Waals surface area contributed by atoms with Gasteiger partial charge in [-0.05, 0) is 43.5 Å². The minimum atomic E-state index is -0.0814. The number of anilines is 1. The SMILES string of the molecule is CC(NC(=O)c1ccccc1N)C1CCN(Cc2ccccc2)C1.Cl. The Morgan fingerprint density at radius 1 is 1.20 bits per heavy atom. The van der Waals surface area contributed by atoms with Gasteiger partial charge in [-0.2, -0.15) is 0 Å². The summed E-state index contributed by atoms with van der Waals surface area (Å²) >= 11 is 0. The maximum atomic E-state index is 12.4. The predicted octanol–water partition coefficient (Wildman–Crippen LogP) is 3.33. The van der Waals surface area contributed by atoms with Crippen molar-refractivity contribution in [2.75, 3.05) is 18.8 Å². The van der Waals surface area contributed by atoms with Gasteiger partial charge in [-0.15, -0.1) is 12.4 Å². The molecule has 2 unspecified atom stereocenters. The lowest BCUT2D eigenvalue weighted by Crippen LogP contribution is -2.39. The van der Waals surface area contributed by atoms with Crippen molar-refractivity contribution in [1.82, 2.24) is 10.2 Å². The topological polar surface area (TPSA) is 58.4 Å². The molecule has 1 saturated heterocycles. The second-order valence-corrected chi connectivity index (χ2v) is 6.62. The molecular weight excluding hydrogens is 334 g/mol. The zero-order chi connectivity index (χ0) is 16.9. The number of nitrogens with two attached hydrogens (primary N) is 1. The fraction of sp³-hybridized carbons (Fsp3) is 0.350. The van der Waals surface area contributed by atoms with Gasteiger partial charge in [0.2, 0.25) is 0 Å². The van der Waals surface area contributed by atoms with Crippen LogP contribution in [0.15, 0.2) is 54.6 Å². The Kier molecular flexibility index (Phi) is 6.85. The molecule has 0 radical (unpaired) electrons. The van der Waals surface area contributed by atoms with Gasteiger partial charge >= 0.3 is 0 Å². The van der Waals surface area contributed by atoms with E-state index in [2.05, 4.69) is 41.4 Å². The van der Waals surface area contributed by atoms with Crippen molar-refractivity contribution >= 4 is 24.0 Å². The Morgan fingerprint density at radius 3 is 2.60 bits per heavy atom. The molecule has 1 aliphatic rings. The average molecular weight is 360 g/mol. The molecule has 3 rings (SSSR count). The highest BCUT2D eigenvalue weighted by Crippen LogP contribution is 2.22. The second-order valence-electron chi connectivity index (χ2n) is 6.62. The second kappa shape index (κ2) is 8.88. The lowest BCUT2D eigenvalue weighted by Gasteiger charge is -2.22. The van der Waals surface area contributed by atoms with Gasteiger partial charge in [0.25, 0.3) is 5.91 Å². The predicted molar refractivity (Wildman–Crippen MR) is 105 cm³/mol. The van der Waals surface area contributed by atoms with Crippen molar-refractivity contribution in [3.8, 4) is 0 Å². The van der Waals surface area contributed by atoms with Gasteiger partial charge in [0.15, 0.2) is 0 Å². The first kappa shape index (κ1) is 19.3. The van der Waals surface area contributed by atoms with Crippen molar-refractivity contribution < 1.29 is 4.79 Å². The molecule has 1 heterocycles. The van der Waals surface area contributed by atoms with E-state index < -0.39 is 0 Å². The molecule has 2 aromatic rings. The summed E-state index contributed by atoms with van der Waals surface area (Å²) < 4.78 is 0. The maximum absolute atomic E-state index is 12.4. The zero-order valence-electron chi connectivity index (χ0n) is 14.5. The minimum Gasteiger partial charge on any atom is -0.398 e. The Labute approximate surface area is 155 Å². The van der Waals surface area contributed by atoms with Gasteiger partial charge < -0.3 is 11.1 Å². The van der Waals surface area contributed by atoms with E-state index in [1.54, 1.807) is 12.1 Å². The summed E-state index contributed by atoms with van der Waals surface area (Å²) in [5.74, 6) is 0.393. The molecule has 2 atom stereocenters. The number of carbonyl (C=O) groups excluding carboxylic acids is 1. The highest BCUT2D eigenvalue weighted by atomic mass is 35.5. The molecule has 0 spiro atoms. The van der Waals surface area contributed by atoms with Gasteiger partial charge in [0.05, 0.1) is 5.56 Å². The van der Waals surface area contributed by atoms with Crippen LogP contribution in [0.25, 0.3) is 0 Å². The van der Waals surface area contributed by atoms with E-state index in [9.17, 15) is 4.79 Å². The standard InChI is InChI=1S/C20H25N3O.ClH/c1-15(22-20(24)18-9-5-6-10-19(18)21)17-11-12-23(14-17)13-16-7-3-2-4-8-16;/h2-10,15,17H,11-14,21H2,1H3,(H,22,24);1H. The van der Waals surface area contributed by atoms with Crippen LogP contribution in [0.4, 0.5) is 5.69 Å². The number of nitrogens with one attached hydrogen (secondary N) is 1. The maximum Gasteiger partial charge on any atom is 0.253 e.